The summed E-state index contributed by atoms with van der Waals surface area (Å²) in [6.45, 7) is 1.24. The van der Waals surface area contributed by atoms with Gasteiger partial charge in [0.05, 0.1) is 16.7 Å². The molecule has 0 amide bonds. The largest absolute Gasteiger partial charge is 0.482 e. The highest BCUT2D eigenvalue weighted by molar-refractivity contribution is 7.99. The molecule has 11 heteroatoms. The molecule has 0 aliphatic carbocycles. The first kappa shape index (κ1) is 31.1. The standard InChI is InChI=1S/C32H19F6NO3S/c1-20-18-26(13-15-28(20)42-19-29(40)41)43-30-27(14-7-22-5-11-25(12-6-22)32(36,37)38)23(16-17-39-30)8-2-21-3-9-24(10-4-21)31(33,34)35/h3-6,9-13,15-18H,19H2,1H3,(H,40,41). The van der Waals surface area contributed by atoms with Gasteiger partial charge in [0.2, 0.25) is 0 Å². The number of pyridine rings is 1. The number of hydrogen-bond donors (Lipinski definition) is 1. The summed E-state index contributed by atoms with van der Waals surface area (Å²) in [6.07, 6.45) is -7.49. The van der Waals surface area contributed by atoms with Crippen LogP contribution in [0.1, 0.15) is 38.9 Å². The van der Waals surface area contributed by atoms with Crippen molar-refractivity contribution in [2.45, 2.75) is 29.2 Å². The number of halogens is 6. The zero-order chi connectivity index (χ0) is 31.2. The van der Waals surface area contributed by atoms with Gasteiger partial charge in [0.15, 0.2) is 6.61 Å². The van der Waals surface area contributed by atoms with E-state index in [0.717, 1.165) is 24.3 Å². The molecule has 0 radical (unpaired) electrons. The molecule has 43 heavy (non-hydrogen) atoms. The second kappa shape index (κ2) is 13.0. The minimum Gasteiger partial charge on any atom is -0.482 e. The third-order valence-electron chi connectivity index (χ3n) is 5.73. The molecule has 0 spiro atoms. The van der Waals surface area contributed by atoms with Gasteiger partial charge in [-0.3, -0.25) is 0 Å². The van der Waals surface area contributed by atoms with E-state index in [9.17, 15) is 31.1 Å². The van der Waals surface area contributed by atoms with E-state index in [-0.39, 0.29) is 0 Å². The summed E-state index contributed by atoms with van der Waals surface area (Å²) in [6, 6.07) is 15.3. The van der Waals surface area contributed by atoms with Crippen LogP contribution in [0.25, 0.3) is 0 Å². The van der Waals surface area contributed by atoms with E-state index in [4.69, 9.17) is 9.84 Å². The summed E-state index contributed by atoms with van der Waals surface area (Å²) < 4.78 is 82.9. The number of aromatic nitrogens is 1. The molecule has 0 aliphatic rings. The minimum absolute atomic E-state index is 0.310. The molecule has 1 heterocycles. The summed E-state index contributed by atoms with van der Waals surface area (Å²) in [7, 11) is 0. The van der Waals surface area contributed by atoms with E-state index in [2.05, 4.69) is 28.7 Å². The van der Waals surface area contributed by atoms with Crippen molar-refractivity contribution in [1.82, 2.24) is 4.98 Å². The fourth-order valence-electron chi connectivity index (χ4n) is 3.60. The molecule has 4 nitrogen and oxygen atoms in total. The quantitative estimate of drug-likeness (QED) is 0.184. The molecule has 0 saturated heterocycles. The number of ether oxygens (including phenoxy) is 1. The zero-order valence-electron chi connectivity index (χ0n) is 22.1. The Bertz CT molecular complexity index is 1760. The molecule has 4 rings (SSSR count). The SMILES string of the molecule is Cc1cc(Sc2nccc(C#Cc3ccc(C(F)(F)F)cc3)c2C#Cc2ccc(C(F)(F)F)cc2)ccc1OCC(=O)O. The number of carboxylic acid groups (broad SMARTS) is 1. The lowest BCUT2D eigenvalue weighted by atomic mass is 10.1. The molecular formula is C32H19F6NO3S. The molecule has 0 fully saturated rings. The normalized spacial score (nSPS) is 11.1. The van der Waals surface area contributed by atoms with E-state index in [1.54, 1.807) is 31.2 Å². The van der Waals surface area contributed by atoms with Crippen molar-refractivity contribution in [2.24, 2.45) is 0 Å². The molecule has 218 valence electrons. The summed E-state index contributed by atoms with van der Waals surface area (Å²) in [4.78, 5) is 15.9. The topological polar surface area (TPSA) is 59.4 Å². The number of benzene rings is 3. The van der Waals surface area contributed by atoms with Gasteiger partial charge in [0.25, 0.3) is 0 Å². The fraction of sp³-hybridized carbons (Fsp3) is 0.125. The Morgan fingerprint density at radius 3 is 1.88 bits per heavy atom. The van der Waals surface area contributed by atoms with Gasteiger partial charge in [0, 0.05) is 27.8 Å². The highest BCUT2D eigenvalue weighted by atomic mass is 32.2. The monoisotopic (exact) mass is 611 g/mol. The van der Waals surface area contributed by atoms with Gasteiger partial charge in [-0.15, -0.1) is 0 Å². The molecule has 3 aromatic carbocycles. The summed E-state index contributed by atoms with van der Waals surface area (Å²) >= 11 is 1.22. The van der Waals surface area contributed by atoms with E-state index < -0.39 is 36.1 Å². The fourth-order valence-corrected chi connectivity index (χ4v) is 4.57. The van der Waals surface area contributed by atoms with Gasteiger partial charge in [-0.25, -0.2) is 9.78 Å². The molecule has 1 aromatic heterocycles. The van der Waals surface area contributed by atoms with E-state index in [0.29, 0.717) is 43.5 Å². The first-order valence-electron chi connectivity index (χ1n) is 12.3. The number of hydrogen-bond acceptors (Lipinski definition) is 4. The number of alkyl halides is 6. The van der Waals surface area contributed by atoms with Crippen LogP contribution in [0.3, 0.4) is 0 Å². The number of aliphatic carboxylic acids is 1. The Labute approximate surface area is 246 Å². The Morgan fingerprint density at radius 1 is 0.814 bits per heavy atom. The highest BCUT2D eigenvalue weighted by Crippen LogP contribution is 2.33. The van der Waals surface area contributed by atoms with Crippen LogP contribution in [-0.2, 0) is 17.1 Å². The second-order valence-electron chi connectivity index (χ2n) is 8.90. The Balaban J connectivity index is 1.71. The first-order valence-corrected chi connectivity index (χ1v) is 13.1. The Morgan fingerprint density at radius 2 is 1.37 bits per heavy atom. The summed E-state index contributed by atoms with van der Waals surface area (Å²) in [5, 5.41) is 9.27. The van der Waals surface area contributed by atoms with Crippen LogP contribution in [0.15, 0.2) is 88.9 Å². The van der Waals surface area contributed by atoms with Crippen molar-refractivity contribution in [2.75, 3.05) is 6.61 Å². The van der Waals surface area contributed by atoms with Gasteiger partial charge in [0.1, 0.15) is 10.8 Å². The molecular weight excluding hydrogens is 592 g/mol. The smallest absolute Gasteiger partial charge is 0.416 e. The molecule has 1 N–H and O–H groups in total. The average Bonchev–Trinajstić information content (AvgIpc) is 2.94. The first-order chi connectivity index (χ1) is 20.3. The van der Waals surface area contributed by atoms with E-state index >= 15 is 0 Å². The van der Waals surface area contributed by atoms with Gasteiger partial charge >= 0.3 is 18.3 Å². The van der Waals surface area contributed by atoms with Gasteiger partial charge in [-0.2, -0.15) is 26.3 Å². The number of aryl methyl sites for hydroxylation is 1. The predicted molar refractivity (Wildman–Crippen MR) is 148 cm³/mol. The van der Waals surface area contributed by atoms with Crippen molar-refractivity contribution < 1.29 is 41.0 Å². The molecule has 0 bridgehead atoms. The maximum absolute atomic E-state index is 13.0. The van der Waals surface area contributed by atoms with Crippen molar-refractivity contribution in [1.29, 1.82) is 0 Å². The van der Waals surface area contributed by atoms with Crippen molar-refractivity contribution >= 4 is 17.7 Å². The molecule has 0 unspecified atom stereocenters. The number of rotatable bonds is 5. The number of nitrogens with zero attached hydrogens (tertiary/aromatic N) is 1. The van der Waals surface area contributed by atoms with Crippen LogP contribution >= 0.6 is 11.8 Å². The second-order valence-corrected chi connectivity index (χ2v) is 9.96. The van der Waals surface area contributed by atoms with Crippen LogP contribution in [0.4, 0.5) is 26.3 Å². The number of carboxylic acids is 1. The van der Waals surface area contributed by atoms with Crippen molar-refractivity contribution in [3.8, 4) is 29.4 Å². The van der Waals surface area contributed by atoms with E-state index in [1.807, 2.05) is 0 Å². The molecule has 0 aliphatic heterocycles. The van der Waals surface area contributed by atoms with Gasteiger partial charge in [-0.1, -0.05) is 35.4 Å². The lowest BCUT2D eigenvalue weighted by Gasteiger charge is -2.10. The van der Waals surface area contributed by atoms with Crippen LogP contribution in [0, 0.1) is 30.6 Å². The Hall–Kier alpha value is -4.87. The van der Waals surface area contributed by atoms with Crippen LogP contribution < -0.4 is 4.74 Å². The lowest BCUT2D eigenvalue weighted by molar-refractivity contribution is -0.139. The van der Waals surface area contributed by atoms with Gasteiger partial charge in [-0.05, 0) is 85.3 Å². The van der Waals surface area contributed by atoms with E-state index in [1.165, 1.54) is 42.2 Å². The van der Waals surface area contributed by atoms with Crippen LogP contribution in [-0.4, -0.2) is 22.7 Å². The zero-order valence-corrected chi connectivity index (χ0v) is 22.9. The predicted octanol–water partition coefficient (Wildman–Crippen LogP) is 7.84. The number of carbonyl (C=O) groups is 1. The molecule has 0 saturated carbocycles. The van der Waals surface area contributed by atoms with Crippen LogP contribution in [0.2, 0.25) is 0 Å². The van der Waals surface area contributed by atoms with Crippen molar-refractivity contribution in [3.63, 3.8) is 0 Å². The summed E-state index contributed by atoms with van der Waals surface area (Å²) in [5.74, 6) is 10.8. The maximum Gasteiger partial charge on any atom is 0.416 e. The Kier molecular flexibility index (Phi) is 9.37. The molecule has 0 atom stereocenters. The third-order valence-corrected chi connectivity index (χ3v) is 6.72. The minimum atomic E-state index is -4.49. The van der Waals surface area contributed by atoms with Crippen molar-refractivity contribution in [3.05, 3.63) is 118 Å². The lowest BCUT2D eigenvalue weighted by Crippen LogP contribution is -2.09. The maximum atomic E-state index is 13.0. The average molecular weight is 612 g/mol. The van der Waals surface area contributed by atoms with Crippen LogP contribution in [0.5, 0.6) is 5.75 Å². The highest BCUT2D eigenvalue weighted by Gasteiger charge is 2.30. The third kappa shape index (κ3) is 8.57. The van der Waals surface area contributed by atoms with Gasteiger partial charge < -0.3 is 9.84 Å². The molecule has 4 aromatic rings. The summed E-state index contributed by atoms with van der Waals surface area (Å²) in [5.41, 5.74) is 0.439.